The topological polar surface area (TPSA) is 38.7 Å². The Morgan fingerprint density at radius 3 is 2.31 bits per heavy atom. The number of halogens is 1. The zero-order chi connectivity index (χ0) is 12.3. The molecule has 1 aromatic carbocycles. The third-order valence-electron chi connectivity index (χ3n) is 2.09. The van der Waals surface area contributed by atoms with Gasteiger partial charge in [0.2, 0.25) is 0 Å². The Labute approximate surface area is 94.8 Å². The fraction of sp³-hybridized carbons (Fsp3) is 0.500. The van der Waals surface area contributed by atoms with Crippen LogP contribution < -0.4 is 9.47 Å². The molecule has 1 N–H and O–H groups in total. The molecule has 0 fully saturated rings. The molecule has 4 heteroatoms. The van der Waals surface area contributed by atoms with E-state index in [-0.39, 0.29) is 11.9 Å². The second kappa shape index (κ2) is 5.16. The summed E-state index contributed by atoms with van der Waals surface area (Å²) in [4.78, 5) is 0. The van der Waals surface area contributed by atoms with Gasteiger partial charge in [-0.05, 0) is 38.5 Å². The van der Waals surface area contributed by atoms with Gasteiger partial charge in [0.1, 0.15) is 0 Å². The molecule has 1 atom stereocenters. The van der Waals surface area contributed by atoms with Crippen LogP contribution in [0.5, 0.6) is 11.5 Å². The fourth-order valence-electron chi connectivity index (χ4n) is 1.33. The minimum atomic E-state index is -0.739. The molecule has 1 rings (SSSR count). The summed E-state index contributed by atoms with van der Waals surface area (Å²) >= 11 is 0. The van der Waals surface area contributed by atoms with Gasteiger partial charge in [0.15, 0.2) is 17.3 Å². The first-order valence-electron chi connectivity index (χ1n) is 5.17. The van der Waals surface area contributed by atoms with E-state index >= 15 is 0 Å². The van der Waals surface area contributed by atoms with Gasteiger partial charge in [-0.3, -0.25) is 0 Å². The quantitative estimate of drug-likeness (QED) is 0.861. The lowest BCUT2D eigenvalue weighted by molar-refractivity contribution is 0.195. The summed E-state index contributed by atoms with van der Waals surface area (Å²) in [6, 6.07) is 2.83. The van der Waals surface area contributed by atoms with Crippen LogP contribution in [0.1, 0.15) is 32.4 Å². The van der Waals surface area contributed by atoms with Crippen molar-refractivity contribution < 1.29 is 19.0 Å². The Hall–Kier alpha value is -1.29. The van der Waals surface area contributed by atoms with E-state index in [1.807, 2.05) is 13.8 Å². The number of aliphatic hydroxyl groups excluding tert-OH is 1. The zero-order valence-electron chi connectivity index (χ0n) is 9.95. The highest BCUT2D eigenvalue weighted by molar-refractivity contribution is 5.44. The van der Waals surface area contributed by atoms with E-state index in [4.69, 9.17) is 9.47 Å². The molecule has 0 heterocycles. The molecular formula is C12H17FO3. The van der Waals surface area contributed by atoms with Crippen LogP contribution in [0.2, 0.25) is 0 Å². The molecule has 3 nitrogen and oxygen atoms in total. The van der Waals surface area contributed by atoms with Gasteiger partial charge in [0.05, 0.1) is 19.3 Å². The molecule has 1 aromatic rings. The standard InChI is InChI=1S/C12H17FO3/c1-7(2)16-12-10(13)5-9(8(3)14)6-11(12)15-4/h5-8,14H,1-4H3. The summed E-state index contributed by atoms with van der Waals surface area (Å²) in [5.41, 5.74) is 0.463. The fourth-order valence-corrected chi connectivity index (χ4v) is 1.33. The molecular weight excluding hydrogens is 211 g/mol. The van der Waals surface area contributed by atoms with E-state index in [0.717, 1.165) is 0 Å². The van der Waals surface area contributed by atoms with Crippen LogP contribution in [0.3, 0.4) is 0 Å². The van der Waals surface area contributed by atoms with Gasteiger partial charge in [-0.2, -0.15) is 0 Å². The number of hydrogen-bond donors (Lipinski definition) is 1. The predicted molar refractivity (Wildman–Crippen MR) is 59.3 cm³/mol. The smallest absolute Gasteiger partial charge is 0.197 e. The van der Waals surface area contributed by atoms with Crippen molar-refractivity contribution in [1.82, 2.24) is 0 Å². The van der Waals surface area contributed by atoms with Crippen LogP contribution >= 0.6 is 0 Å². The minimum absolute atomic E-state index is 0.0851. The van der Waals surface area contributed by atoms with Crippen molar-refractivity contribution >= 4 is 0 Å². The third kappa shape index (κ3) is 2.85. The molecule has 90 valence electrons. The van der Waals surface area contributed by atoms with E-state index < -0.39 is 11.9 Å². The van der Waals surface area contributed by atoms with E-state index in [1.165, 1.54) is 13.2 Å². The van der Waals surface area contributed by atoms with Gasteiger partial charge < -0.3 is 14.6 Å². The zero-order valence-corrected chi connectivity index (χ0v) is 9.95. The molecule has 0 aliphatic rings. The van der Waals surface area contributed by atoms with Gasteiger partial charge in [-0.1, -0.05) is 0 Å². The van der Waals surface area contributed by atoms with Crippen molar-refractivity contribution in [3.8, 4) is 11.5 Å². The van der Waals surface area contributed by atoms with Crippen LogP contribution in [0.25, 0.3) is 0 Å². The summed E-state index contributed by atoms with van der Waals surface area (Å²) in [6.07, 6.45) is -0.878. The highest BCUT2D eigenvalue weighted by Gasteiger charge is 2.16. The summed E-state index contributed by atoms with van der Waals surface area (Å²) in [5, 5.41) is 9.38. The van der Waals surface area contributed by atoms with Crippen LogP contribution in [0.15, 0.2) is 12.1 Å². The Kier molecular flexibility index (Phi) is 4.12. The summed E-state index contributed by atoms with van der Waals surface area (Å²) < 4.78 is 24.1. The van der Waals surface area contributed by atoms with Crippen LogP contribution in [-0.2, 0) is 0 Å². The first-order chi connectivity index (χ1) is 7.45. The van der Waals surface area contributed by atoms with Gasteiger partial charge in [-0.15, -0.1) is 0 Å². The van der Waals surface area contributed by atoms with Crippen LogP contribution in [0, 0.1) is 5.82 Å². The van der Waals surface area contributed by atoms with Crippen LogP contribution in [0.4, 0.5) is 4.39 Å². The van der Waals surface area contributed by atoms with Crippen molar-refractivity contribution in [2.75, 3.05) is 7.11 Å². The molecule has 0 amide bonds. The van der Waals surface area contributed by atoms with Crippen molar-refractivity contribution in [3.63, 3.8) is 0 Å². The number of hydrogen-bond acceptors (Lipinski definition) is 3. The van der Waals surface area contributed by atoms with Crippen molar-refractivity contribution in [2.45, 2.75) is 33.0 Å². The first kappa shape index (κ1) is 12.8. The second-order valence-corrected chi connectivity index (χ2v) is 3.88. The molecule has 1 unspecified atom stereocenters. The highest BCUT2D eigenvalue weighted by atomic mass is 19.1. The highest BCUT2D eigenvalue weighted by Crippen LogP contribution is 2.34. The van der Waals surface area contributed by atoms with E-state index in [1.54, 1.807) is 13.0 Å². The first-order valence-corrected chi connectivity index (χ1v) is 5.17. The molecule has 16 heavy (non-hydrogen) atoms. The molecule has 0 spiro atoms. The van der Waals surface area contributed by atoms with Crippen LogP contribution in [-0.4, -0.2) is 18.3 Å². The molecule has 0 saturated heterocycles. The third-order valence-corrected chi connectivity index (χ3v) is 2.09. The molecule has 0 aliphatic heterocycles. The SMILES string of the molecule is COc1cc(C(C)O)cc(F)c1OC(C)C. The Morgan fingerprint density at radius 1 is 1.25 bits per heavy atom. The lowest BCUT2D eigenvalue weighted by Gasteiger charge is -2.16. The van der Waals surface area contributed by atoms with Crippen molar-refractivity contribution in [1.29, 1.82) is 0 Å². The predicted octanol–water partition coefficient (Wildman–Crippen LogP) is 2.67. The van der Waals surface area contributed by atoms with Gasteiger partial charge in [0.25, 0.3) is 0 Å². The lowest BCUT2D eigenvalue weighted by Crippen LogP contribution is -2.09. The maximum absolute atomic E-state index is 13.7. The number of aliphatic hydroxyl groups is 1. The Morgan fingerprint density at radius 2 is 1.88 bits per heavy atom. The lowest BCUT2D eigenvalue weighted by atomic mass is 10.1. The molecule has 0 aromatic heterocycles. The minimum Gasteiger partial charge on any atom is -0.493 e. The Bertz CT molecular complexity index is 362. The van der Waals surface area contributed by atoms with Gasteiger partial charge in [-0.25, -0.2) is 4.39 Å². The summed E-state index contributed by atoms with van der Waals surface area (Å²) in [6.45, 7) is 5.18. The maximum Gasteiger partial charge on any atom is 0.197 e. The second-order valence-electron chi connectivity index (χ2n) is 3.88. The average molecular weight is 228 g/mol. The maximum atomic E-state index is 13.7. The largest absolute Gasteiger partial charge is 0.493 e. The molecule has 0 aliphatic carbocycles. The molecule has 0 radical (unpaired) electrons. The number of ether oxygens (including phenoxy) is 2. The van der Waals surface area contributed by atoms with Crippen molar-refractivity contribution in [2.24, 2.45) is 0 Å². The normalized spacial score (nSPS) is 12.7. The van der Waals surface area contributed by atoms with E-state index in [2.05, 4.69) is 0 Å². The molecule has 0 bridgehead atoms. The van der Waals surface area contributed by atoms with E-state index in [0.29, 0.717) is 11.3 Å². The summed E-state index contributed by atoms with van der Waals surface area (Å²) in [5.74, 6) is -0.143. The van der Waals surface area contributed by atoms with Gasteiger partial charge in [0, 0.05) is 0 Å². The van der Waals surface area contributed by atoms with Gasteiger partial charge >= 0.3 is 0 Å². The number of benzene rings is 1. The molecule has 0 saturated carbocycles. The van der Waals surface area contributed by atoms with Crippen molar-refractivity contribution in [3.05, 3.63) is 23.5 Å². The number of rotatable bonds is 4. The average Bonchev–Trinajstić information content (AvgIpc) is 2.19. The van der Waals surface area contributed by atoms with E-state index in [9.17, 15) is 9.50 Å². The Balaban J connectivity index is 3.17. The number of methoxy groups -OCH3 is 1. The summed E-state index contributed by atoms with van der Waals surface area (Å²) in [7, 11) is 1.44. The monoisotopic (exact) mass is 228 g/mol.